The van der Waals surface area contributed by atoms with Gasteiger partial charge in [-0.25, -0.2) is 0 Å². The van der Waals surface area contributed by atoms with Crippen LogP contribution in [0, 0.1) is 25.2 Å². The molecule has 0 aliphatic carbocycles. The minimum Gasteiger partial charge on any atom is -0.276 e. The van der Waals surface area contributed by atoms with Crippen molar-refractivity contribution < 1.29 is 4.79 Å². The van der Waals surface area contributed by atoms with Gasteiger partial charge in [0.25, 0.3) is 5.24 Å². The molecular formula is C10H8ClNO. The van der Waals surface area contributed by atoms with Gasteiger partial charge in [-0.2, -0.15) is 5.26 Å². The highest BCUT2D eigenvalue weighted by Gasteiger charge is 2.10. The Hall–Kier alpha value is -1.33. The first-order valence-electron chi connectivity index (χ1n) is 3.78. The van der Waals surface area contributed by atoms with Crippen LogP contribution in [0.1, 0.15) is 27.0 Å². The molecule has 0 spiro atoms. The van der Waals surface area contributed by atoms with E-state index in [9.17, 15) is 4.79 Å². The van der Waals surface area contributed by atoms with E-state index >= 15 is 0 Å². The first-order valence-corrected chi connectivity index (χ1v) is 4.16. The summed E-state index contributed by atoms with van der Waals surface area (Å²) < 4.78 is 0. The molecule has 0 unspecified atom stereocenters. The molecule has 1 aromatic rings. The Bertz CT molecular complexity index is 404. The number of hydrogen-bond donors (Lipinski definition) is 0. The van der Waals surface area contributed by atoms with Crippen LogP contribution in [-0.4, -0.2) is 5.24 Å². The van der Waals surface area contributed by atoms with E-state index in [1.54, 1.807) is 19.1 Å². The van der Waals surface area contributed by atoms with Gasteiger partial charge in [-0.1, -0.05) is 6.07 Å². The molecule has 0 heterocycles. The molecule has 0 aromatic heterocycles. The van der Waals surface area contributed by atoms with Crippen molar-refractivity contribution in [2.45, 2.75) is 13.8 Å². The van der Waals surface area contributed by atoms with Crippen molar-refractivity contribution in [3.05, 3.63) is 34.4 Å². The van der Waals surface area contributed by atoms with E-state index in [1.165, 1.54) is 0 Å². The lowest BCUT2D eigenvalue weighted by Crippen LogP contribution is -1.98. The molecule has 0 aliphatic rings. The molecule has 1 aromatic carbocycles. The third-order valence-corrected chi connectivity index (χ3v) is 2.20. The first kappa shape index (κ1) is 9.76. The summed E-state index contributed by atoms with van der Waals surface area (Å²) in [7, 11) is 0. The Balaban J connectivity index is 3.47. The monoisotopic (exact) mass is 193 g/mol. The number of nitriles is 1. The topological polar surface area (TPSA) is 40.9 Å². The Morgan fingerprint density at radius 1 is 1.46 bits per heavy atom. The average molecular weight is 194 g/mol. The molecule has 1 rings (SSSR count). The number of carbonyl (C=O) groups is 1. The molecule has 2 nitrogen and oxygen atoms in total. The molecule has 66 valence electrons. The second kappa shape index (κ2) is 3.59. The van der Waals surface area contributed by atoms with Crippen molar-refractivity contribution in [2.24, 2.45) is 0 Å². The Morgan fingerprint density at radius 2 is 2.08 bits per heavy atom. The van der Waals surface area contributed by atoms with Gasteiger partial charge in [0.05, 0.1) is 11.6 Å². The molecule has 0 atom stereocenters. The first-order chi connectivity index (χ1) is 6.07. The lowest BCUT2D eigenvalue weighted by molar-refractivity contribution is 0.108. The second-order valence-corrected chi connectivity index (χ2v) is 3.16. The maximum absolute atomic E-state index is 10.9. The van der Waals surface area contributed by atoms with Crippen LogP contribution >= 0.6 is 11.6 Å². The van der Waals surface area contributed by atoms with E-state index in [-0.39, 0.29) is 0 Å². The van der Waals surface area contributed by atoms with Crippen molar-refractivity contribution in [3.8, 4) is 6.07 Å². The summed E-state index contributed by atoms with van der Waals surface area (Å²) in [6, 6.07) is 5.41. The van der Waals surface area contributed by atoms with Gasteiger partial charge in [0, 0.05) is 5.56 Å². The quantitative estimate of drug-likeness (QED) is 0.644. The van der Waals surface area contributed by atoms with Gasteiger partial charge in [-0.15, -0.1) is 0 Å². The molecule has 0 saturated carbocycles. The van der Waals surface area contributed by atoms with Gasteiger partial charge in [0.2, 0.25) is 0 Å². The van der Waals surface area contributed by atoms with E-state index < -0.39 is 5.24 Å². The summed E-state index contributed by atoms with van der Waals surface area (Å²) in [5, 5.41) is 8.28. The van der Waals surface area contributed by atoms with Crippen molar-refractivity contribution in [3.63, 3.8) is 0 Å². The third-order valence-electron chi connectivity index (χ3n) is 2.00. The van der Waals surface area contributed by atoms with E-state index in [4.69, 9.17) is 16.9 Å². The minimum atomic E-state index is -0.519. The molecule has 0 bridgehead atoms. The van der Waals surface area contributed by atoms with Crippen LogP contribution in [0.5, 0.6) is 0 Å². The molecule has 3 heteroatoms. The van der Waals surface area contributed by atoms with Crippen molar-refractivity contribution in [1.82, 2.24) is 0 Å². The second-order valence-electron chi connectivity index (χ2n) is 2.82. The summed E-state index contributed by atoms with van der Waals surface area (Å²) in [6.07, 6.45) is 0. The van der Waals surface area contributed by atoms with E-state index in [1.807, 2.05) is 13.0 Å². The molecule has 13 heavy (non-hydrogen) atoms. The lowest BCUT2D eigenvalue weighted by atomic mass is 9.99. The van der Waals surface area contributed by atoms with Crippen LogP contribution in [0.4, 0.5) is 0 Å². The molecule has 0 saturated heterocycles. The van der Waals surface area contributed by atoms with Crippen molar-refractivity contribution in [2.75, 3.05) is 0 Å². The minimum absolute atomic E-state index is 0.406. The maximum atomic E-state index is 10.9. The Labute approximate surface area is 81.7 Å². The largest absolute Gasteiger partial charge is 0.276 e. The van der Waals surface area contributed by atoms with E-state index in [0.717, 1.165) is 5.56 Å². The summed E-state index contributed by atoms with van der Waals surface area (Å²) in [4.78, 5) is 10.9. The van der Waals surface area contributed by atoms with Crippen LogP contribution in [-0.2, 0) is 0 Å². The summed E-state index contributed by atoms with van der Waals surface area (Å²) >= 11 is 5.34. The van der Waals surface area contributed by atoms with Crippen molar-refractivity contribution in [1.29, 1.82) is 5.26 Å². The third kappa shape index (κ3) is 1.71. The molecular weight excluding hydrogens is 186 g/mol. The fraction of sp³-hybridized carbons (Fsp3) is 0.200. The molecule has 0 aliphatic heterocycles. The fourth-order valence-electron chi connectivity index (χ4n) is 1.23. The Morgan fingerprint density at radius 3 is 2.54 bits per heavy atom. The lowest BCUT2D eigenvalue weighted by Gasteiger charge is -2.04. The standard InChI is InChI=1S/C10H8ClNO/c1-6-3-4-8(10(11)13)7(2)9(6)5-12/h3-4H,1-2H3. The van der Waals surface area contributed by atoms with Gasteiger partial charge < -0.3 is 0 Å². The number of rotatable bonds is 1. The smallest absolute Gasteiger partial charge is 0.252 e. The zero-order valence-corrected chi connectivity index (χ0v) is 8.14. The highest BCUT2D eigenvalue weighted by molar-refractivity contribution is 6.67. The molecule has 0 radical (unpaired) electrons. The number of nitrogens with zero attached hydrogens (tertiary/aromatic N) is 1. The predicted molar refractivity (Wildman–Crippen MR) is 50.8 cm³/mol. The van der Waals surface area contributed by atoms with Crippen LogP contribution in [0.3, 0.4) is 0 Å². The zero-order valence-electron chi connectivity index (χ0n) is 7.39. The van der Waals surface area contributed by atoms with E-state index in [0.29, 0.717) is 16.7 Å². The van der Waals surface area contributed by atoms with Crippen LogP contribution in [0.15, 0.2) is 12.1 Å². The van der Waals surface area contributed by atoms with Crippen LogP contribution < -0.4 is 0 Å². The van der Waals surface area contributed by atoms with Crippen LogP contribution in [0.25, 0.3) is 0 Å². The van der Waals surface area contributed by atoms with Gasteiger partial charge in [-0.05, 0) is 42.6 Å². The van der Waals surface area contributed by atoms with Gasteiger partial charge in [-0.3, -0.25) is 4.79 Å². The number of aryl methyl sites for hydroxylation is 1. The maximum Gasteiger partial charge on any atom is 0.252 e. The Kier molecular flexibility index (Phi) is 2.69. The molecule has 0 fully saturated rings. The number of hydrogen-bond acceptors (Lipinski definition) is 2. The predicted octanol–water partition coefficient (Wildman–Crippen LogP) is 2.55. The SMILES string of the molecule is Cc1ccc(C(=O)Cl)c(C)c1C#N. The fourth-order valence-corrected chi connectivity index (χ4v) is 1.44. The van der Waals surface area contributed by atoms with Crippen molar-refractivity contribution >= 4 is 16.8 Å². The molecule has 0 N–H and O–H groups in total. The van der Waals surface area contributed by atoms with E-state index in [2.05, 4.69) is 0 Å². The highest BCUT2D eigenvalue weighted by atomic mass is 35.5. The van der Waals surface area contributed by atoms with Gasteiger partial charge in [0.15, 0.2) is 0 Å². The number of halogens is 1. The summed E-state index contributed by atoms with van der Waals surface area (Å²) in [5.41, 5.74) is 2.46. The highest BCUT2D eigenvalue weighted by Crippen LogP contribution is 2.18. The van der Waals surface area contributed by atoms with Gasteiger partial charge >= 0.3 is 0 Å². The molecule has 0 amide bonds. The summed E-state index contributed by atoms with van der Waals surface area (Å²) in [6.45, 7) is 3.55. The number of carbonyl (C=O) groups excluding carboxylic acids is 1. The normalized spacial score (nSPS) is 9.38. The average Bonchev–Trinajstić information content (AvgIpc) is 2.04. The zero-order chi connectivity index (χ0) is 10.0. The van der Waals surface area contributed by atoms with Crippen LogP contribution in [0.2, 0.25) is 0 Å². The summed E-state index contributed by atoms with van der Waals surface area (Å²) in [5.74, 6) is 0. The van der Waals surface area contributed by atoms with Gasteiger partial charge in [0.1, 0.15) is 0 Å². The number of benzene rings is 1.